The molecule has 2 rings (SSSR count). The average molecular weight is 204 g/mol. The van der Waals surface area contributed by atoms with Crippen LogP contribution in [0, 0.1) is 6.92 Å². The molecular weight excluding hydrogens is 192 g/mol. The van der Waals surface area contributed by atoms with Crippen molar-refractivity contribution in [1.29, 1.82) is 0 Å². The highest BCUT2D eigenvalue weighted by Gasteiger charge is 1.97. The van der Waals surface area contributed by atoms with Crippen molar-refractivity contribution in [2.24, 2.45) is 0 Å². The van der Waals surface area contributed by atoms with Gasteiger partial charge in [0.25, 0.3) is 0 Å². The molecular formula is C11H12N2S. The van der Waals surface area contributed by atoms with Crippen molar-refractivity contribution in [3.8, 4) is 0 Å². The predicted molar refractivity (Wildman–Crippen MR) is 60.6 cm³/mol. The number of anilines is 1. The molecule has 0 bridgehead atoms. The van der Waals surface area contributed by atoms with Crippen LogP contribution in [0.1, 0.15) is 11.3 Å². The third kappa shape index (κ3) is 2.12. The number of rotatable bonds is 3. The van der Waals surface area contributed by atoms with Crippen LogP contribution < -0.4 is 5.32 Å². The third-order valence-corrected chi connectivity index (χ3v) is 2.72. The normalized spacial score (nSPS) is 10.1. The maximum Gasteiger partial charge on any atom is 0.0795 e. The predicted octanol–water partition coefficient (Wildman–Crippen LogP) is 3.06. The maximum atomic E-state index is 4.22. The fourth-order valence-corrected chi connectivity index (χ4v) is 1.84. The fraction of sp³-hybridized carbons (Fsp3) is 0.182. The Kier molecular flexibility index (Phi) is 2.79. The van der Waals surface area contributed by atoms with Gasteiger partial charge in [0, 0.05) is 11.1 Å². The largest absolute Gasteiger partial charge is 0.379 e. The Bertz CT molecular complexity index is 395. The molecule has 2 aromatic rings. The Morgan fingerprint density at radius 1 is 1.36 bits per heavy atom. The summed E-state index contributed by atoms with van der Waals surface area (Å²) in [5, 5.41) is 5.42. The molecule has 2 nitrogen and oxygen atoms in total. The number of benzene rings is 1. The number of para-hydroxylation sites is 1. The SMILES string of the molecule is Cc1ccccc1NCc1cscn1. The molecule has 1 heterocycles. The lowest BCUT2D eigenvalue weighted by molar-refractivity contribution is 1.07. The number of hydrogen-bond donors (Lipinski definition) is 1. The third-order valence-electron chi connectivity index (χ3n) is 2.09. The van der Waals surface area contributed by atoms with Crippen LogP contribution in [0.25, 0.3) is 0 Å². The molecule has 0 aliphatic rings. The molecule has 0 saturated carbocycles. The Hall–Kier alpha value is -1.35. The van der Waals surface area contributed by atoms with Crippen molar-refractivity contribution in [2.45, 2.75) is 13.5 Å². The van der Waals surface area contributed by atoms with E-state index in [1.807, 2.05) is 17.6 Å². The first-order chi connectivity index (χ1) is 6.86. The highest BCUT2D eigenvalue weighted by atomic mass is 32.1. The summed E-state index contributed by atoms with van der Waals surface area (Å²) < 4.78 is 0. The van der Waals surface area contributed by atoms with Gasteiger partial charge in [0.2, 0.25) is 0 Å². The van der Waals surface area contributed by atoms with Crippen LogP contribution in [0.15, 0.2) is 35.2 Å². The van der Waals surface area contributed by atoms with E-state index in [9.17, 15) is 0 Å². The number of nitrogens with zero attached hydrogens (tertiary/aromatic N) is 1. The van der Waals surface area contributed by atoms with Crippen LogP contribution in [-0.4, -0.2) is 4.98 Å². The molecule has 0 amide bonds. The van der Waals surface area contributed by atoms with Gasteiger partial charge in [-0.1, -0.05) is 18.2 Å². The molecule has 0 saturated heterocycles. The van der Waals surface area contributed by atoms with E-state index in [1.54, 1.807) is 11.3 Å². The van der Waals surface area contributed by atoms with Crippen LogP contribution in [0.5, 0.6) is 0 Å². The van der Waals surface area contributed by atoms with Crippen LogP contribution in [0.4, 0.5) is 5.69 Å². The molecule has 72 valence electrons. The van der Waals surface area contributed by atoms with E-state index in [0.29, 0.717) is 0 Å². The van der Waals surface area contributed by atoms with Gasteiger partial charge in [0.15, 0.2) is 0 Å². The molecule has 1 N–H and O–H groups in total. The Labute approximate surface area is 87.6 Å². The Morgan fingerprint density at radius 3 is 2.93 bits per heavy atom. The summed E-state index contributed by atoms with van der Waals surface area (Å²) in [6.45, 7) is 2.90. The molecule has 0 atom stereocenters. The first-order valence-electron chi connectivity index (χ1n) is 4.53. The second kappa shape index (κ2) is 4.24. The Balaban J connectivity index is 2.02. The van der Waals surface area contributed by atoms with Gasteiger partial charge in [0.1, 0.15) is 0 Å². The standard InChI is InChI=1S/C11H12N2S/c1-9-4-2-3-5-11(9)12-6-10-7-14-8-13-10/h2-5,7-8,12H,6H2,1H3. The molecule has 0 spiro atoms. The average Bonchev–Trinajstić information content (AvgIpc) is 2.69. The van der Waals surface area contributed by atoms with E-state index in [4.69, 9.17) is 0 Å². The summed E-state index contributed by atoms with van der Waals surface area (Å²) in [6, 6.07) is 8.27. The van der Waals surface area contributed by atoms with E-state index in [1.165, 1.54) is 11.3 Å². The first kappa shape index (κ1) is 9.21. The number of nitrogens with one attached hydrogen (secondary N) is 1. The molecule has 0 fully saturated rings. The summed E-state index contributed by atoms with van der Waals surface area (Å²) >= 11 is 1.63. The van der Waals surface area contributed by atoms with Crippen LogP contribution in [0.3, 0.4) is 0 Å². The first-order valence-corrected chi connectivity index (χ1v) is 5.47. The molecule has 0 aliphatic carbocycles. The summed E-state index contributed by atoms with van der Waals surface area (Å²) in [7, 11) is 0. The summed E-state index contributed by atoms with van der Waals surface area (Å²) in [4.78, 5) is 4.22. The molecule has 14 heavy (non-hydrogen) atoms. The molecule has 3 heteroatoms. The number of hydrogen-bond acceptors (Lipinski definition) is 3. The minimum absolute atomic E-state index is 0.800. The highest BCUT2D eigenvalue weighted by molar-refractivity contribution is 7.07. The zero-order valence-corrected chi connectivity index (χ0v) is 8.84. The van der Waals surface area contributed by atoms with Gasteiger partial charge < -0.3 is 5.32 Å². The second-order valence-corrected chi connectivity index (χ2v) is 3.87. The van der Waals surface area contributed by atoms with E-state index in [0.717, 1.165) is 12.2 Å². The minimum Gasteiger partial charge on any atom is -0.379 e. The topological polar surface area (TPSA) is 24.9 Å². The van der Waals surface area contributed by atoms with Crippen molar-refractivity contribution in [3.05, 3.63) is 46.4 Å². The Morgan fingerprint density at radius 2 is 2.21 bits per heavy atom. The molecule has 0 aliphatic heterocycles. The molecule has 0 radical (unpaired) electrons. The quantitative estimate of drug-likeness (QED) is 0.831. The van der Waals surface area contributed by atoms with E-state index >= 15 is 0 Å². The second-order valence-electron chi connectivity index (χ2n) is 3.15. The smallest absolute Gasteiger partial charge is 0.0795 e. The van der Waals surface area contributed by atoms with E-state index in [-0.39, 0.29) is 0 Å². The van der Waals surface area contributed by atoms with Crippen LogP contribution in [-0.2, 0) is 6.54 Å². The van der Waals surface area contributed by atoms with Crippen LogP contribution >= 0.6 is 11.3 Å². The van der Waals surface area contributed by atoms with Gasteiger partial charge in [0.05, 0.1) is 17.7 Å². The number of aryl methyl sites for hydroxylation is 1. The fourth-order valence-electron chi connectivity index (χ4n) is 1.28. The maximum absolute atomic E-state index is 4.22. The monoisotopic (exact) mass is 204 g/mol. The van der Waals surface area contributed by atoms with E-state index < -0.39 is 0 Å². The van der Waals surface area contributed by atoms with Gasteiger partial charge in [-0.15, -0.1) is 11.3 Å². The van der Waals surface area contributed by atoms with Crippen molar-refractivity contribution < 1.29 is 0 Å². The van der Waals surface area contributed by atoms with Crippen LogP contribution in [0.2, 0.25) is 0 Å². The lowest BCUT2D eigenvalue weighted by Crippen LogP contribution is -2.00. The zero-order valence-electron chi connectivity index (χ0n) is 8.03. The zero-order chi connectivity index (χ0) is 9.80. The van der Waals surface area contributed by atoms with Gasteiger partial charge in [-0.3, -0.25) is 0 Å². The van der Waals surface area contributed by atoms with Crippen molar-refractivity contribution in [1.82, 2.24) is 4.98 Å². The van der Waals surface area contributed by atoms with Gasteiger partial charge in [-0.25, -0.2) is 4.98 Å². The highest BCUT2D eigenvalue weighted by Crippen LogP contribution is 2.14. The van der Waals surface area contributed by atoms with Gasteiger partial charge in [-0.05, 0) is 18.6 Å². The van der Waals surface area contributed by atoms with Crippen molar-refractivity contribution in [3.63, 3.8) is 0 Å². The van der Waals surface area contributed by atoms with Crippen molar-refractivity contribution in [2.75, 3.05) is 5.32 Å². The van der Waals surface area contributed by atoms with Crippen molar-refractivity contribution >= 4 is 17.0 Å². The lowest BCUT2D eigenvalue weighted by Gasteiger charge is -2.06. The molecule has 0 unspecified atom stereocenters. The summed E-state index contributed by atoms with van der Waals surface area (Å²) in [6.07, 6.45) is 0. The van der Waals surface area contributed by atoms with Gasteiger partial charge >= 0.3 is 0 Å². The number of thiazole rings is 1. The minimum atomic E-state index is 0.800. The number of aromatic nitrogens is 1. The molecule has 1 aromatic heterocycles. The lowest BCUT2D eigenvalue weighted by atomic mass is 10.2. The van der Waals surface area contributed by atoms with E-state index in [2.05, 4.69) is 34.7 Å². The summed E-state index contributed by atoms with van der Waals surface area (Å²) in [5.41, 5.74) is 5.40. The van der Waals surface area contributed by atoms with Gasteiger partial charge in [-0.2, -0.15) is 0 Å². The molecule has 1 aromatic carbocycles. The summed E-state index contributed by atoms with van der Waals surface area (Å²) in [5.74, 6) is 0.